The second-order valence-electron chi connectivity index (χ2n) is 4.40. The van der Waals surface area contributed by atoms with Crippen LogP contribution in [0, 0.1) is 0 Å². The average Bonchev–Trinajstić information content (AvgIpc) is 2.38. The number of rotatable bonds is 5. The molecule has 0 aromatic heterocycles. The first-order valence-electron chi connectivity index (χ1n) is 6.02. The van der Waals surface area contributed by atoms with Crippen LogP contribution < -0.4 is 10.5 Å². The van der Waals surface area contributed by atoms with Gasteiger partial charge in [-0.15, -0.1) is 0 Å². The lowest BCUT2D eigenvalue weighted by atomic mass is 10.1. The normalized spacial score (nSPS) is 11.1. The van der Waals surface area contributed by atoms with Crippen LogP contribution in [0.25, 0.3) is 0 Å². The zero-order chi connectivity index (χ0) is 15.5. The fourth-order valence-electron chi connectivity index (χ4n) is 1.75. The van der Waals surface area contributed by atoms with Crippen molar-refractivity contribution >= 4 is 48.8 Å². The van der Waals surface area contributed by atoms with Crippen molar-refractivity contribution in [3.63, 3.8) is 0 Å². The summed E-state index contributed by atoms with van der Waals surface area (Å²) in [6.45, 7) is 0. The number of halogens is 1. The first-order valence-corrected chi connectivity index (χ1v) is 8.71. The molecule has 2 aromatic rings. The minimum atomic E-state index is -3.61. The van der Waals surface area contributed by atoms with Gasteiger partial charge in [0.1, 0.15) is 0 Å². The Bertz CT molecular complexity index is 759. The minimum Gasteiger partial charge on any atom is -0.393 e. The molecule has 0 atom stereocenters. The van der Waals surface area contributed by atoms with Crippen LogP contribution in [-0.2, 0) is 16.4 Å². The van der Waals surface area contributed by atoms with Crippen molar-refractivity contribution in [2.45, 2.75) is 11.3 Å². The lowest BCUT2D eigenvalue weighted by molar-refractivity contribution is 0.601. The minimum absolute atomic E-state index is 0.189. The fraction of sp³-hybridized carbons (Fsp3) is 0.0714. The monoisotopic (exact) mass is 384 g/mol. The molecule has 0 heterocycles. The van der Waals surface area contributed by atoms with E-state index in [1.165, 1.54) is 12.1 Å². The number of nitrogens with two attached hydrogens (primary N) is 1. The average molecular weight is 385 g/mol. The number of hydrogen-bond donors (Lipinski definition) is 2. The maximum absolute atomic E-state index is 12.3. The van der Waals surface area contributed by atoms with Crippen LogP contribution in [0.15, 0.2) is 57.9 Å². The van der Waals surface area contributed by atoms with Gasteiger partial charge in [-0.3, -0.25) is 4.72 Å². The molecule has 110 valence electrons. The van der Waals surface area contributed by atoms with Crippen LogP contribution in [0.3, 0.4) is 0 Å². The zero-order valence-corrected chi connectivity index (χ0v) is 14.1. The molecule has 4 nitrogen and oxygen atoms in total. The molecule has 0 saturated carbocycles. The highest BCUT2D eigenvalue weighted by molar-refractivity contribution is 9.10. The Labute approximate surface area is 137 Å². The molecular weight excluding hydrogens is 372 g/mol. The van der Waals surface area contributed by atoms with Crippen LogP contribution in [0.1, 0.15) is 5.56 Å². The predicted octanol–water partition coefficient (Wildman–Crippen LogP) is 3.08. The van der Waals surface area contributed by atoms with E-state index in [0.29, 0.717) is 17.1 Å². The van der Waals surface area contributed by atoms with Crippen molar-refractivity contribution in [3.05, 3.63) is 58.6 Å². The molecule has 0 bridgehead atoms. The molecule has 0 spiro atoms. The SMILES string of the molecule is NC(=S)Cc1ccc(S(=O)(=O)Nc2cccc(Br)c2)cc1. The Morgan fingerprint density at radius 1 is 1.19 bits per heavy atom. The summed E-state index contributed by atoms with van der Waals surface area (Å²) >= 11 is 8.12. The third-order valence-corrected chi connectivity index (χ3v) is 4.72. The molecule has 0 unspecified atom stereocenters. The van der Waals surface area contributed by atoms with Gasteiger partial charge in [-0.25, -0.2) is 8.42 Å². The number of anilines is 1. The van der Waals surface area contributed by atoms with Gasteiger partial charge in [-0.1, -0.05) is 46.3 Å². The Kier molecular flexibility index (Phi) is 4.97. The zero-order valence-electron chi connectivity index (χ0n) is 10.9. The Morgan fingerprint density at radius 2 is 1.86 bits per heavy atom. The molecule has 0 aliphatic rings. The van der Waals surface area contributed by atoms with Crippen LogP contribution in [0.4, 0.5) is 5.69 Å². The number of thiocarbonyl (C=S) groups is 1. The second kappa shape index (κ2) is 6.55. The van der Waals surface area contributed by atoms with Crippen molar-refractivity contribution < 1.29 is 8.42 Å². The summed E-state index contributed by atoms with van der Waals surface area (Å²) in [6, 6.07) is 13.4. The van der Waals surface area contributed by atoms with Gasteiger partial charge in [0.15, 0.2) is 0 Å². The van der Waals surface area contributed by atoms with Crippen LogP contribution in [0.5, 0.6) is 0 Å². The molecule has 21 heavy (non-hydrogen) atoms. The van der Waals surface area contributed by atoms with Gasteiger partial charge in [0.25, 0.3) is 10.0 Å². The highest BCUT2D eigenvalue weighted by Gasteiger charge is 2.14. The summed E-state index contributed by atoms with van der Waals surface area (Å²) in [7, 11) is -3.61. The number of hydrogen-bond acceptors (Lipinski definition) is 3. The number of sulfonamides is 1. The Morgan fingerprint density at radius 3 is 2.43 bits per heavy atom. The molecule has 0 aliphatic heterocycles. The van der Waals surface area contributed by atoms with Gasteiger partial charge in [0, 0.05) is 16.6 Å². The van der Waals surface area contributed by atoms with Gasteiger partial charge in [-0.05, 0) is 35.9 Å². The lowest BCUT2D eigenvalue weighted by Gasteiger charge is -2.09. The van der Waals surface area contributed by atoms with Crippen molar-refractivity contribution in [1.29, 1.82) is 0 Å². The Balaban J connectivity index is 2.21. The maximum Gasteiger partial charge on any atom is 0.261 e. The van der Waals surface area contributed by atoms with Gasteiger partial charge < -0.3 is 5.73 Å². The van der Waals surface area contributed by atoms with E-state index >= 15 is 0 Å². The third kappa shape index (κ3) is 4.52. The van der Waals surface area contributed by atoms with Crippen molar-refractivity contribution in [1.82, 2.24) is 0 Å². The molecule has 2 aromatic carbocycles. The highest BCUT2D eigenvalue weighted by Crippen LogP contribution is 2.20. The lowest BCUT2D eigenvalue weighted by Crippen LogP contribution is -2.14. The molecule has 0 radical (unpaired) electrons. The van der Waals surface area contributed by atoms with E-state index in [1.54, 1.807) is 30.3 Å². The Hall–Kier alpha value is -1.44. The quantitative estimate of drug-likeness (QED) is 0.776. The van der Waals surface area contributed by atoms with Crippen LogP contribution in [-0.4, -0.2) is 13.4 Å². The summed E-state index contributed by atoms with van der Waals surface area (Å²) in [5.74, 6) is 0. The van der Waals surface area contributed by atoms with E-state index in [9.17, 15) is 8.42 Å². The van der Waals surface area contributed by atoms with E-state index in [1.807, 2.05) is 6.07 Å². The molecular formula is C14H13BrN2O2S2. The summed E-state index contributed by atoms with van der Waals surface area (Å²) in [5.41, 5.74) is 6.84. The first-order chi connectivity index (χ1) is 9.87. The molecule has 0 saturated heterocycles. The standard InChI is InChI=1S/C14H13BrN2O2S2/c15-11-2-1-3-12(9-11)17-21(18,19)13-6-4-10(5-7-13)8-14(16)20/h1-7,9,17H,8H2,(H2,16,20). The van der Waals surface area contributed by atoms with Crippen molar-refractivity contribution in [2.75, 3.05) is 4.72 Å². The number of nitrogens with one attached hydrogen (secondary N) is 1. The van der Waals surface area contributed by atoms with Crippen LogP contribution >= 0.6 is 28.1 Å². The van der Waals surface area contributed by atoms with E-state index in [-0.39, 0.29) is 4.90 Å². The topological polar surface area (TPSA) is 72.2 Å². The summed E-state index contributed by atoms with van der Waals surface area (Å²) < 4.78 is 27.9. The van der Waals surface area contributed by atoms with E-state index in [0.717, 1.165) is 10.0 Å². The van der Waals surface area contributed by atoms with Gasteiger partial charge in [0.2, 0.25) is 0 Å². The summed E-state index contributed by atoms with van der Waals surface area (Å²) in [6.07, 6.45) is 0.453. The molecule has 3 N–H and O–H groups in total. The van der Waals surface area contributed by atoms with Gasteiger partial charge in [0.05, 0.1) is 9.88 Å². The predicted molar refractivity (Wildman–Crippen MR) is 91.9 cm³/mol. The molecule has 2 rings (SSSR count). The van der Waals surface area contributed by atoms with E-state index in [4.69, 9.17) is 18.0 Å². The van der Waals surface area contributed by atoms with Gasteiger partial charge >= 0.3 is 0 Å². The highest BCUT2D eigenvalue weighted by atomic mass is 79.9. The molecule has 0 amide bonds. The number of benzene rings is 2. The van der Waals surface area contributed by atoms with Gasteiger partial charge in [-0.2, -0.15) is 0 Å². The van der Waals surface area contributed by atoms with Crippen molar-refractivity contribution in [2.24, 2.45) is 5.73 Å². The third-order valence-electron chi connectivity index (χ3n) is 2.69. The summed E-state index contributed by atoms with van der Waals surface area (Å²) in [4.78, 5) is 0.562. The molecule has 7 heteroatoms. The molecule has 0 fully saturated rings. The smallest absolute Gasteiger partial charge is 0.261 e. The molecule has 0 aliphatic carbocycles. The largest absolute Gasteiger partial charge is 0.393 e. The first kappa shape index (κ1) is 15.9. The summed E-state index contributed by atoms with van der Waals surface area (Å²) in [5, 5.41) is 0. The second-order valence-corrected chi connectivity index (χ2v) is 7.53. The van der Waals surface area contributed by atoms with E-state index < -0.39 is 10.0 Å². The fourth-order valence-corrected chi connectivity index (χ4v) is 3.37. The maximum atomic E-state index is 12.3. The van der Waals surface area contributed by atoms with Crippen molar-refractivity contribution in [3.8, 4) is 0 Å². The van der Waals surface area contributed by atoms with E-state index in [2.05, 4.69) is 20.7 Å². The van der Waals surface area contributed by atoms with Crippen LogP contribution in [0.2, 0.25) is 0 Å².